The molecule has 7 heteroatoms. The molecule has 0 saturated heterocycles. The lowest BCUT2D eigenvalue weighted by molar-refractivity contribution is 0.202. The smallest absolute Gasteiger partial charge is 0.337 e. The van der Waals surface area contributed by atoms with E-state index < -0.39 is 0 Å². The van der Waals surface area contributed by atoms with Gasteiger partial charge in [-0.3, -0.25) is 5.84 Å². The zero-order valence-electron chi connectivity index (χ0n) is 18.7. The fraction of sp³-hybridized carbons (Fsp3) is 0.391. The molecule has 0 fully saturated rings. The van der Waals surface area contributed by atoms with Crippen molar-refractivity contribution >= 4 is 17.6 Å². The van der Waals surface area contributed by atoms with Crippen LogP contribution in [0.5, 0.6) is 0 Å². The van der Waals surface area contributed by atoms with Crippen molar-refractivity contribution in [2.75, 3.05) is 12.4 Å². The summed E-state index contributed by atoms with van der Waals surface area (Å²) in [7, 11) is 1.54. The predicted molar refractivity (Wildman–Crippen MR) is 125 cm³/mol. The summed E-state index contributed by atoms with van der Waals surface area (Å²) in [5.74, 6) is 5.86. The van der Waals surface area contributed by atoms with Crippen molar-refractivity contribution in [3.8, 4) is 0 Å². The first-order valence-electron chi connectivity index (χ1n) is 10.4. The van der Waals surface area contributed by atoms with Crippen LogP contribution in [0.1, 0.15) is 45.2 Å². The molecule has 0 saturated carbocycles. The normalized spacial score (nSPS) is 18.7. The molecule has 0 radical (unpaired) electrons. The van der Waals surface area contributed by atoms with Crippen molar-refractivity contribution in [1.82, 2.24) is 10.5 Å². The number of carbonyl (C=O) groups excluding carboxylic acids is 1. The molecule has 1 unspecified atom stereocenters. The third-order valence-corrected chi connectivity index (χ3v) is 4.26. The third-order valence-electron chi connectivity index (χ3n) is 4.26. The van der Waals surface area contributed by atoms with Crippen LogP contribution in [0.25, 0.3) is 0 Å². The lowest BCUT2D eigenvalue weighted by Gasteiger charge is -2.19. The molecule has 1 aliphatic heterocycles. The van der Waals surface area contributed by atoms with Gasteiger partial charge in [0.1, 0.15) is 6.61 Å². The summed E-state index contributed by atoms with van der Waals surface area (Å²) in [5, 5.41) is 4.02. The van der Waals surface area contributed by atoms with Gasteiger partial charge in [-0.05, 0) is 37.5 Å². The van der Waals surface area contributed by atoms with Crippen LogP contribution in [-0.4, -0.2) is 30.0 Å². The molecular weight excluding hydrogens is 378 g/mol. The first-order chi connectivity index (χ1) is 14.5. The van der Waals surface area contributed by atoms with Crippen LogP contribution in [0, 0.1) is 0 Å². The molecule has 1 aliphatic rings. The second kappa shape index (κ2) is 14.1. The molecule has 1 atom stereocenters. The third kappa shape index (κ3) is 8.23. The number of hydrogen-bond acceptors (Lipinski definition) is 5. The Morgan fingerprint density at radius 2 is 2.07 bits per heavy atom. The number of hydrazine groups is 2. The van der Waals surface area contributed by atoms with Crippen LogP contribution in [0.3, 0.4) is 0 Å². The van der Waals surface area contributed by atoms with Crippen LogP contribution in [0.2, 0.25) is 0 Å². The number of carbonyl (C=O) groups is 1. The lowest BCUT2D eigenvalue weighted by atomic mass is 10.0. The van der Waals surface area contributed by atoms with Crippen molar-refractivity contribution in [3.05, 3.63) is 65.8 Å². The van der Waals surface area contributed by atoms with Gasteiger partial charge in [-0.1, -0.05) is 63.3 Å². The highest BCUT2D eigenvalue weighted by molar-refractivity contribution is 5.90. The van der Waals surface area contributed by atoms with Gasteiger partial charge in [-0.15, -0.1) is 0 Å². The number of urea groups is 1. The fourth-order valence-electron chi connectivity index (χ4n) is 2.66. The van der Waals surface area contributed by atoms with Gasteiger partial charge in [-0.25, -0.2) is 14.8 Å². The summed E-state index contributed by atoms with van der Waals surface area (Å²) in [6.07, 6.45) is 13.6. The van der Waals surface area contributed by atoms with Gasteiger partial charge < -0.3 is 10.1 Å². The summed E-state index contributed by atoms with van der Waals surface area (Å²) >= 11 is 0. The molecule has 0 spiro atoms. The largest absolute Gasteiger partial charge is 0.473 e. The number of anilines is 1. The predicted octanol–water partition coefficient (Wildman–Crippen LogP) is 4.49. The van der Waals surface area contributed by atoms with E-state index >= 15 is 0 Å². The van der Waals surface area contributed by atoms with Crippen LogP contribution < -0.4 is 16.7 Å². The monoisotopic (exact) mass is 413 g/mol. The number of benzene rings is 1. The Hall–Kier alpha value is -2.90. The second-order valence-corrected chi connectivity index (χ2v) is 6.36. The number of ether oxygens (including phenoxy) is 1. The van der Waals surface area contributed by atoms with Gasteiger partial charge in [0.2, 0.25) is 5.90 Å². The minimum atomic E-state index is -0.363. The standard InChI is InChI=1S/C21H29N5O2.C2H6/c1-4-17-12-10-13-19(24-21(27)26(3)25-22)18(17)15-28-20-14-9-7-5-6-8-11-16(2)23-20;1-2/h5-6,8-14,16,25H,4,7,15,22H2,1-3H3,(H,24,27);1-2H3/b6-5-,11-8-,14-9-,23-20?;. The van der Waals surface area contributed by atoms with Gasteiger partial charge in [0, 0.05) is 18.3 Å². The Morgan fingerprint density at radius 1 is 1.30 bits per heavy atom. The zero-order valence-corrected chi connectivity index (χ0v) is 18.7. The molecule has 1 heterocycles. The molecule has 0 aromatic heterocycles. The molecule has 2 amide bonds. The fourth-order valence-corrected chi connectivity index (χ4v) is 2.66. The van der Waals surface area contributed by atoms with E-state index in [0.717, 1.165) is 24.0 Å². The van der Waals surface area contributed by atoms with Gasteiger partial charge in [0.25, 0.3) is 0 Å². The summed E-state index contributed by atoms with van der Waals surface area (Å²) in [6, 6.07) is 5.43. The van der Waals surface area contributed by atoms with Gasteiger partial charge in [0.05, 0.1) is 6.04 Å². The second-order valence-electron chi connectivity index (χ2n) is 6.36. The van der Waals surface area contributed by atoms with Crippen molar-refractivity contribution in [2.24, 2.45) is 10.8 Å². The Bertz CT molecular complexity index is 784. The maximum Gasteiger partial charge on any atom is 0.337 e. The topological polar surface area (TPSA) is 92.0 Å². The average molecular weight is 414 g/mol. The number of hydrogen-bond donors (Lipinski definition) is 3. The number of amides is 2. The molecule has 0 aliphatic carbocycles. The molecule has 1 aromatic rings. The molecule has 4 N–H and O–H groups in total. The molecule has 0 bridgehead atoms. The summed E-state index contributed by atoms with van der Waals surface area (Å²) < 4.78 is 6.02. The van der Waals surface area contributed by atoms with E-state index in [-0.39, 0.29) is 12.1 Å². The highest BCUT2D eigenvalue weighted by Gasteiger charge is 2.14. The van der Waals surface area contributed by atoms with E-state index in [2.05, 4.69) is 28.8 Å². The number of rotatable bonds is 5. The van der Waals surface area contributed by atoms with E-state index in [4.69, 9.17) is 10.6 Å². The number of nitrogens with one attached hydrogen (secondary N) is 2. The minimum Gasteiger partial charge on any atom is -0.473 e. The van der Waals surface area contributed by atoms with Crippen LogP contribution >= 0.6 is 0 Å². The molecule has 30 heavy (non-hydrogen) atoms. The summed E-state index contributed by atoms with van der Waals surface area (Å²) in [6.45, 7) is 8.37. The quantitative estimate of drug-likeness (QED) is 0.490. The van der Waals surface area contributed by atoms with Crippen molar-refractivity contribution in [2.45, 2.75) is 53.2 Å². The van der Waals surface area contributed by atoms with Crippen molar-refractivity contribution in [3.63, 3.8) is 0 Å². The van der Waals surface area contributed by atoms with Gasteiger partial charge in [0.15, 0.2) is 0 Å². The Kier molecular flexibility index (Phi) is 11.8. The summed E-state index contributed by atoms with van der Waals surface area (Å²) in [5.41, 5.74) is 5.00. The summed E-state index contributed by atoms with van der Waals surface area (Å²) in [4.78, 5) is 16.8. The average Bonchev–Trinajstić information content (AvgIpc) is 2.77. The van der Waals surface area contributed by atoms with E-state index in [0.29, 0.717) is 18.2 Å². The molecule has 2 rings (SSSR count). The van der Waals surface area contributed by atoms with Gasteiger partial charge >= 0.3 is 6.03 Å². The first-order valence-corrected chi connectivity index (χ1v) is 10.4. The van der Waals surface area contributed by atoms with E-state index in [1.807, 2.05) is 69.4 Å². The van der Waals surface area contributed by atoms with E-state index in [1.54, 1.807) is 0 Å². The Balaban J connectivity index is 0.00000218. The highest BCUT2D eigenvalue weighted by Crippen LogP contribution is 2.22. The number of nitrogens with zero attached hydrogens (tertiary/aromatic N) is 2. The minimum absolute atomic E-state index is 0.00673. The maximum atomic E-state index is 12.2. The van der Waals surface area contributed by atoms with E-state index in [9.17, 15) is 4.79 Å². The maximum absolute atomic E-state index is 12.2. The van der Waals surface area contributed by atoms with Crippen LogP contribution in [0.15, 0.2) is 59.6 Å². The lowest BCUT2D eigenvalue weighted by Crippen LogP contribution is -2.46. The Morgan fingerprint density at radius 3 is 2.77 bits per heavy atom. The number of aryl methyl sites for hydroxylation is 1. The van der Waals surface area contributed by atoms with Gasteiger partial charge in [-0.2, -0.15) is 5.53 Å². The molecular formula is C23H35N5O2. The highest BCUT2D eigenvalue weighted by atomic mass is 16.5. The Labute approximate surface area is 180 Å². The number of aliphatic imine (C=N–C) groups is 1. The van der Waals surface area contributed by atoms with Crippen LogP contribution in [-0.2, 0) is 17.8 Å². The SMILES string of the molecule is CC.CCc1cccc(NC(=O)N(C)NN)c1COC1=NC(C)/C=C\C=C/C/C=C\1. The van der Waals surface area contributed by atoms with E-state index in [1.165, 1.54) is 12.1 Å². The molecule has 1 aromatic carbocycles. The number of allylic oxidation sites excluding steroid dienone is 4. The number of nitrogens with two attached hydrogens (primary N) is 1. The van der Waals surface area contributed by atoms with Crippen molar-refractivity contribution < 1.29 is 9.53 Å². The zero-order chi connectivity index (χ0) is 22.4. The molecule has 164 valence electrons. The van der Waals surface area contributed by atoms with Crippen LogP contribution in [0.4, 0.5) is 10.5 Å². The first kappa shape index (κ1) is 25.1. The van der Waals surface area contributed by atoms with Crippen molar-refractivity contribution in [1.29, 1.82) is 0 Å². The molecule has 7 nitrogen and oxygen atoms in total.